The Balaban J connectivity index is 1.80. The first kappa shape index (κ1) is 15.9. The average molecular weight is 302 g/mol. The van der Waals surface area contributed by atoms with Gasteiger partial charge in [-0.1, -0.05) is 0 Å². The Morgan fingerprint density at radius 1 is 1.18 bits per heavy atom. The third-order valence-electron chi connectivity index (χ3n) is 2.75. The normalized spacial score (nSPS) is 10.2. The van der Waals surface area contributed by atoms with Gasteiger partial charge in [-0.05, 0) is 24.3 Å². The highest BCUT2D eigenvalue weighted by Crippen LogP contribution is 2.11. The van der Waals surface area contributed by atoms with Gasteiger partial charge >= 0.3 is 0 Å². The van der Waals surface area contributed by atoms with Crippen LogP contribution in [-0.4, -0.2) is 47.3 Å². The lowest BCUT2D eigenvalue weighted by atomic mass is 10.2. The molecule has 2 aromatic rings. The first-order valence-corrected chi connectivity index (χ1v) is 6.89. The number of aliphatic hydroxyl groups excluding tert-OH is 1. The number of aromatic nitrogens is 2. The Bertz CT molecular complexity index is 575. The van der Waals surface area contributed by atoms with Crippen LogP contribution in [-0.2, 0) is 4.74 Å². The van der Waals surface area contributed by atoms with Crippen molar-refractivity contribution in [2.75, 3.05) is 37.0 Å². The number of pyridine rings is 2. The molecule has 3 N–H and O–H groups in total. The highest BCUT2D eigenvalue weighted by molar-refractivity contribution is 6.04. The number of ether oxygens (including phenoxy) is 1. The summed E-state index contributed by atoms with van der Waals surface area (Å²) in [4.78, 5) is 20.0. The van der Waals surface area contributed by atoms with Gasteiger partial charge in [0.25, 0.3) is 5.91 Å². The monoisotopic (exact) mass is 302 g/mol. The van der Waals surface area contributed by atoms with E-state index in [0.717, 1.165) is 0 Å². The molecule has 0 saturated heterocycles. The summed E-state index contributed by atoms with van der Waals surface area (Å²) in [6.07, 6.45) is 4.72. The quantitative estimate of drug-likeness (QED) is 0.633. The lowest BCUT2D eigenvalue weighted by Crippen LogP contribution is -2.13. The Morgan fingerprint density at radius 2 is 2.00 bits per heavy atom. The van der Waals surface area contributed by atoms with E-state index in [9.17, 15) is 4.79 Å². The third-order valence-corrected chi connectivity index (χ3v) is 2.75. The molecular weight excluding hydrogens is 284 g/mol. The number of nitrogens with zero attached hydrogens (tertiary/aromatic N) is 2. The van der Waals surface area contributed by atoms with E-state index in [1.165, 1.54) is 0 Å². The van der Waals surface area contributed by atoms with Crippen molar-refractivity contribution in [1.29, 1.82) is 0 Å². The fraction of sp³-hybridized carbons (Fsp3) is 0.267. The maximum absolute atomic E-state index is 12.0. The van der Waals surface area contributed by atoms with Gasteiger partial charge in [0.1, 0.15) is 5.82 Å². The molecule has 0 bridgehead atoms. The van der Waals surface area contributed by atoms with Gasteiger partial charge in [-0.25, -0.2) is 4.98 Å². The van der Waals surface area contributed by atoms with Crippen LogP contribution in [0.25, 0.3) is 0 Å². The van der Waals surface area contributed by atoms with Gasteiger partial charge in [-0.3, -0.25) is 9.78 Å². The molecule has 0 unspecified atom stereocenters. The molecule has 0 aromatic carbocycles. The predicted octanol–water partition coefficient (Wildman–Crippen LogP) is 1.15. The number of carbonyl (C=O) groups is 1. The minimum Gasteiger partial charge on any atom is -0.394 e. The summed E-state index contributed by atoms with van der Waals surface area (Å²) < 4.78 is 5.13. The molecule has 0 radical (unpaired) electrons. The van der Waals surface area contributed by atoms with Crippen molar-refractivity contribution in [1.82, 2.24) is 9.97 Å². The highest BCUT2D eigenvalue weighted by Gasteiger charge is 2.05. The molecule has 7 nitrogen and oxygen atoms in total. The van der Waals surface area contributed by atoms with Crippen LogP contribution < -0.4 is 10.6 Å². The summed E-state index contributed by atoms with van der Waals surface area (Å²) in [6.45, 7) is 1.43. The zero-order valence-corrected chi connectivity index (χ0v) is 12.0. The number of hydrogen-bond acceptors (Lipinski definition) is 6. The molecule has 2 aromatic heterocycles. The van der Waals surface area contributed by atoms with Crippen LogP contribution in [0, 0.1) is 0 Å². The fourth-order valence-corrected chi connectivity index (χ4v) is 1.70. The van der Waals surface area contributed by atoms with Gasteiger partial charge in [0.2, 0.25) is 0 Å². The molecule has 2 heterocycles. The fourth-order valence-electron chi connectivity index (χ4n) is 1.70. The standard InChI is InChI=1S/C15H18N4O3/c20-8-10-22-9-7-17-14-2-1-13(11-18-14)19-15(21)12-3-5-16-6-4-12/h1-6,11,20H,7-10H2,(H,17,18)(H,19,21). The Hall–Kier alpha value is -2.51. The number of carbonyl (C=O) groups excluding carboxylic acids is 1. The molecule has 1 amide bonds. The van der Waals surface area contributed by atoms with Crippen LogP contribution in [0.15, 0.2) is 42.9 Å². The highest BCUT2D eigenvalue weighted by atomic mass is 16.5. The molecule has 116 valence electrons. The van der Waals surface area contributed by atoms with Crippen molar-refractivity contribution < 1.29 is 14.6 Å². The van der Waals surface area contributed by atoms with Crippen LogP contribution in [0.4, 0.5) is 11.5 Å². The van der Waals surface area contributed by atoms with E-state index in [4.69, 9.17) is 9.84 Å². The van der Waals surface area contributed by atoms with E-state index in [1.807, 2.05) is 0 Å². The second-order valence-electron chi connectivity index (χ2n) is 4.38. The van der Waals surface area contributed by atoms with Crippen LogP contribution in [0.3, 0.4) is 0 Å². The second kappa shape index (κ2) is 8.71. The zero-order chi connectivity index (χ0) is 15.6. The Morgan fingerprint density at radius 3 is 2.68 bits per heavy atom. The maximum Gasteiger partial charge on any atom is 0.255 e. The first-order chi connectivity index (χ1) is 10.8. The first-order valence-electron chi connectivity index (χ1n) is 6.89. The molecule has 0 aliphatic carbocycles. The van der Waals surface area contributed by atoms with Crippen molar-refractivity contribution >= 4 is 17.4 Å². The van der Waals surface area contributed by atoms with E-state index in [2.05, 4.69) is 20.6 Å². The summed E-state index contributed by atoms with van der Waals surface area (Å²) in [5.41, 5.74) is 1.15. The Labute approximate surface area is 128 Å². The summed E-state index contributed by atoms with van der Waals surface area (Å²) >= 11 is 0. The van der Waals surface area contributed by atoms with Crippen LogP contribution in [0.1, 0.15) is 10.4 Å². The van der Waals surface area contributed by atoms with E-state index in [-0.39, 0.29) is 12.5 Å². The Kier molecular flexibility index (Phi) is 6.28. The summed E-state index contributed by atoms with van der Waals surface area (Å²) in [5, 5.41) is 14.4. The van der Waals surface area contributed by atoms with E-state index in [0.29, 0.717) is 36.8 Å². The van der Waals surface area contributed by atoms with Crippen LogP contribution in [0.2, 0.25) is 0 Å². The minimum atomic E-state index is -0.206. The lowest BCUT2D eigenvalue weighted by molar-refractivity contribution is 0.0992. The molecule has 2 rings (SSSR count). The molecule has 22 heavy (non-hydrogen) atoms. The zero-order valence-electron chi connectivity index (χ0n) is 12.0. The topological polar surface area (TPSA) is 96.4 Å². The summed E-state index contributed by atoms with van der Waals surface area (Å²) in [6, 6.07) is 6.83. The van der Waals surface area contributed by atoms with Gasteiger partial charge in [-0.2, -0.15) is 0 Å². The van der Waals surface area contributed by atoms with Crippen molar-refractivity contribution in [3.8, 4) is 0 Å². The molecule has 0 fully saturated rings. The maximum atomic E-state index is 12.0. The lowest BCUT2D eigenvalue weighted by Gasteiger charge is -2.08. The molecule has 7 heteroatoms. The number of hydrogen-bond donors (Lipinski definition) is 3. The SMILES string of the molecule is O=C(Nc1ccc(NCCOCCO)nc1)c1ccncc1. The molecule has 0 aliphatic rings. The van der Waals surface area contributed by atoms with Gasteiger partial charge in [0, 0.05) is 24.5 Å². The van der Waals surface area contributed by atoms with E-state index >= 15 is 0 Å². The van der Waals surface area contributed by atoms with Gasteiger partial charge < -0.3 is 20.5 Å². The summed E-state index contributed by atoms with van der Waals surface area (Å²) in [5.74, 6) is 0.483. The van der Waals surface area contributed by atoms with Crippen LogP contribution >= 0.6 is 0 Å². The number of nitrogens with one attached hydrogen (secondary N) is 2. The third kappa shape index (κ3) is 5.12. The van der Waals surface area contributed by atoms with Crippen molar-refractivity contribution in [3.05, 3.63) is 48.4 Å². The van der Waals surface area contributed by atoms with Gasteiger partial charge in [0.15, 0.2) is 0 Å². The van der Waals surface area contributed by atoms with Gasteiger partial charge in [-0.15, -0.1) is 0 Å². The number of aliphatic hydroxyl groups is 1. The van der Waals surface area contributed by atoms with E-state index in [1.54, 1.807) is 42.9 Å². The molecule has 0 aliphatic heterocycles. The molecule has 0 spiro atoms. The smallest absolute Gasteiger partial charge is 0.255 e. The number of anilines is 2. The predicted molar refractivity (Wildman–Crippen MR) is 82.8 cm³/mol. The largest absolute Gasteiger partial charge is 0.394 e. The van der Waals surface area contributed by atoms with Gasteiger partial charge in [0.05, 0.1) is 31.7 Å². The molecule has 0 atom stereocenters. The number of rotatable bonds is 8. The second-order valence-corrected chi connectivity index (χ2v) is 4.38. The average Bonchev–Trinajstić information content (AvgIpc) is 2.57. The van der Waals surface area contributed by atoms with E-state index < -0.39 is 0 Å². The summed E-state index contributed by atoms with van der Waals surface area (Å²) in [7, 11) is 0. The van der Waals surface area contributed by atoms with Crippen molar-refractivity contribution in [2.24, 2.45) is 0 Å². The van der Waals surface area contributed by atoms with Crippen LogP contribution in [0.5, 0.6) is 0 Å². The van der Waals surface area contributed by atoms with Crippen molar-refractivity contribution in [2.45, 2.75) is 0 Å². The number of amides is 1. The molecular formula is C15H18N4O3. The molecule has 0 saturated carbocycles. The minimum absolute atomic E-state index is 0.0180. The van der Waals surface area contributed by atoms with Crippen molar-refractivity contribution in [3.63, 3.8) is 0 Å².